The van der Waals surface area contributed by atoms with Gasteiger partial charge >= 0.3 is 39.5 Å². The predicted molar refractivity (Wildman–Crippen MR) is 372 cm³/mol. The van der Waals surface area contributed by atoms with Crippen LogP contribution in [-0.4, -0.2) is 96.7 Å². The maximum Gasteiger partial charge on any atom is 0.472 e. The standard InChI is InChI=1S/C73H142O17P2/c1-8-9-10-11-12-13-14-15-16-17-18-22-25-28-31-40-47-54-70(75)83-60-68(89-72(77)56-49-42-32-29-26-23-20-19-21-24-27-30-37-44-51-64(2)3)62-87-91(79,80)85-58-67(74)59-86-92(81,82)88-63-69(90-73(78)57-50-43-36-34-39-46-53-66(6)7)61-84-71(76)55-48-41-35-33-38-45-52-65(4)5/h64-69,74H,8-63H2,1-7H3,(H,79,80)(H,81,82)/t67-,68-,69-/m1/s1. The Kier molecular flexibility index (Phi) is 62.4. The van der Waals surface area contributed by atoms with Crippen LogP contribution in [0.15, 0.2) is 0 Å². The Morgan fingerprint density at radius 3 is 0.739 bits per heavy atom. The molecule has 0 aromatic rings. The average molecular weight is 1350 g/mol. The van der Waals surface area contributed by atoms with E-state index in [1.165, 1.54) is 173 Å². The molecule has 0 fully saturated rings. The lowest BCUT2D eigenvalue weighted by atomic mass is 10.0. The highest BCUT2D eigenvalue weighted by Crippen LogP contribution is 2.45. The van der Waals surface area contributed by atoms with Crippen molar-refractivity contribution in [3.63, 3.8) is 0 Å². The van der Waals surface area contributed by atoms with Crippen LogP contribution in [0.5, 0.6) is 0 Å². The summed E-state index contributed by atoms with van der Waals surface area (Å²) < 4.78 is 68.3. The summed E-state index contributed by atoms with van der Waals surface area (Å²) in [5.41, 5.74) is 0. The molecule has 0 rings (SSSR count). The predicted octanol–water partition coefficient (Wildman–Crippen LogP) is 21.0. The van der Waals surface area contributed by atoms with Gasteiger partial charge in [-0.05, 0) is 43.4 Å². The van der Waals surface area contributed by atoms with Crippen molar-refractivity contribution in [2.24, 2.45) is 17.8 Å². The van der Waals surface area contributed by atoms with E-state index in [0.29, 0.717) is 37.5 Å². The van der Waals surface area contributed by atoms with Crippen molar-refractivity contribution in [2.75, 3.05) is 39.6 Å². The summed E-state index contributed by atoms with van der Waals surface area (Å²) in [6, 6.07) is 0. The van der Waals surface area contributed by atoms with Gasteiger partial charge in [-0.2, -0.15) is 0 Å². The molecule has 3 N–H and O–H groups in total. The molecule has 0 aliphatic heterocycles. The zero-order chi connectivity index (χ0) is 68.0. The zero-order valence-corrected chi connectivity index (χ0v) is 61.8. The third kappa shape index (κ3) is 66.7. The Morgan fingerprint density at radius 1 is 0.293 bits per heavy atom. The lowest BCUT2D eigenvalue weighted by Crippen LogP contribution is -2.30. The van der Waals surface area contributed by atoms with Crippen LogP contribution in [0.3, 0.4) is 0 Å². The monoisotopic (exact) mass is 1350 g/mol. The molecule has 17 nitrogen and oxygen atoms in total. The Morgan fingerprint density at radius 2 is 0.500 bits per heavy atom. The molecule has 0 saturated carbocycles. The summed E-state index contributed by atoms with van der Waals surface area (Å²) in [5, 5.41) is 10.6. The molecule has 0 aromatic carbocycles. The maximum absolute atomic E-state index is 13.1. The maximum atomic E-state index is 13.1. The molecular formula is C73H142O17P2. The molecule has 0 amide bonds. The van der Waals surface area contributed by atoms with Gasteiger partial charge in [0.25, 0.3) is 0 Å². The first kappa shape index (κ1) is 90.1. The minimum absolute atomic E-state index is 0.101. The van der Waals surface area contributed by atoms with E-state index in [1.54, 1.807) is 0 Å². The number of unbranched alkanes of at least 4 members (excludes halogenated alkanes) is 39. The number of hydrogen-bond acceptors (Lipinski definition) is 15. The van der Waals surface area contributed by atoms with E-state index < -0.39 is 97.5 Å². The normalized spacial score (nSPS) is 14.1. The van der Waals surface area contributed by atoms with Crippen LogP contribution in [0.25, 0.3) is 0 Å². The van der Waals surface area contributed by atoms with E-state index in [1.807, 2.05) is 0 Å². The summed E-state index contributed by atoms with van der Waals surface area (Å²) in [7, 11) is -9.90. The molecule has 0 saturated heterocycles. The van der Waals surface area contributed by atoms with E-state index in [-0.39, 0.29) is 25.7 Å². The second kappa shape index (κ2) is 63.8. The van der Waals surface area contributed by atoms with Gasteiger partial charge in [-0.25, -0.2) is 9.13 Å². The average Bonchev–Trinajstić information content (AvgIpc) is 2.78. The zero-order valence-electron chi connectivity index (χ0n) is 60.0. The Hall–Kier alpha value is -1.94. The van der Waals surface area contributed by atoms with E-state index >= 15 is 0 Å². The van der Waals surface area contributed by atoms with Crippen LogP contribution in [0.4, 0.5) is 0 Å². The summed E-state index contributed by atoms with van der Waals surface area (Å²) in [6.07, 6.45) is 49.0. The van der Waals surface area contributed by atoms with Gasteiger partial charge in [0.2, 0.25) is 0 Å². The van der Waals surface area contributed by atoms with Gasteiger partial charge in [-0.3, -0.25) is 37.3 Å². The van der Waals surface area contributed by atoms with Gasteiger partial charge in [-0.15, -0.1) is 0 Å². The van der Waals surface area contributed by atoms with Gasteiger partial charge < -0.3 is 33.8 Å². The highest BCUT2D eigenvalue weighted by molar-refractivity contribution is 7.47. The van der Waals surface area contributed by atoms with E-state index in [4.69, 9.17) is 37.0 Å². The lowest BCUT2D eigenvalue weighted by molar-refractivity contribution is -0.161. The largest absolute Gasteiger partial charge is 0.472 e. The molecule has 0 aromatic heterocycles. The Bertz CT molecular complexity index is 1800. The lowest BCUT2D eigenvalue weighted by Gasteiger charge is -2.21. The summed E-state index contributed by atoms with van der Waals surface area (Å²) in [4.78, 5) is 72.6. The minimum Gasteiger partial charge on any atom is -0.462 e. The second-order valence-corrected chi connectivity index (χ2v) is 30.7. The number of phosphoric acid groups is 2. The highest BCUT2D eigenvalue weighted by Gasteiger charge is 2.30. The third-order valence-electron chi connectivity index (χ3n) is 16.9. The van der Waals surface area contributed by atoms with Crippen LogP contribution in [-0.2, 0) is 65.4 Å². The Labute approximate surface area is 562 Å². The molecular weight excluding hydrogens is 1210 g/mol. The number of carbonyl (C=O) groups is 4. The van der Waals surface area contributed by atoms with Gasteiger partial charge in [0.05, 0.1) is 26.4 Å². The van der Waals surface area contributed by atoms with Crippen molar-refractivity contribution in [3.05, 3.63) is 0 Å². The topological polar surface area (TPSA) is 237 Å². The van der Waals surface area contributed by atoms with Gasteiger partial charge in [-0.1, -0.05) is 318 Å². The van der Waals surface area contributed by atoms with E-state index in [2.05, 4.69) is 48.5 Å². The summed E-state index contributed by atoms with van der Waals surface area (Å²) in [5.74, 6) is 0.0154. The number of aliphatic hydroxyl groups excluding tert-OH is 1. The fraction of sp³-hybridized carbons (Fsp3) is 0.945. The van der Waals surface area contributed by atoms with E-state index in [9.17, 15) is 43.2 Å². The molecule has 546 valence electrons. The first-order valence-corrected chi connectivity index (χ1v) is 40.8. The number of hydrogen-bond donors (Lipinski definition) is 3. The Balaban J connectivity index is 5.20. The van der Waals surface area contributed by atoms with Crippen LogP contribution >= 0.6 is 15.6 Å². The quantitative estimate of drug-likeness (QED) is 0.0222. The van der Waals surface area contributed by atoms with Gasteiger partial charge in [0.1, 0.15) is 19.3 Å². The number of phosphoric ester groups is 2. The smallest absolute Gasteiger partial charge is 0.462 e. The van der Waals surface area contributed by atoms with Crippen molar-refractivity contribution in [1.82, 2.24) is 0 Å². The fourth-order valence-corrected chi connectivity index (χ4v) is 12.7. The van der Waals surface area contributed by atoms with Crippen molar-refractivity contribution >= 4 is 39.5 Å². The second-order valence-electron chi connectivity index (χ2n) is 27.8. The highest BCUT2D eigenvalue weighted by atomic mass is 31.2. The number of esters is 4. The van der Waals surface area contributed by atoms with Crippen LogP contribution in [0.1, 0.15) is 370 Å². The third-order valence-corrected chi connectivity index (χ3v) is 18.8. The molecule has 0 aliphatic carbocycles. The van der Waals surface area contributed by atoms with Crippen LogP contribution < -0.4 is 0 Å². The fourth-order valence-electron chi connectivity index (χ4n) is 11.1. The summed E-state index contributed by atoms with van der Waals surface area (Å²) in [6.45, 7) is 11.7. The first-order valence-electron chi connectivity index (χ1n) is 37.8. The molecule has 0 spiro atoms. The molecule has 0 bridgehead atoms. The minimum atomic E-state index is -4.96. The molecule has 5 atom stereocenters. The SMILES string of the molecule is CCCCCCCCCCCCCCCCCCCC(=O)OC[C@H](COP(=O)(O)OC[C@@H](O)COP(=O)(O)OC[C@@H](COC(=O)CCCCCCCCC(C)C)OC(=O)CCCCCCCCC(C)C)OC(=O)CCCCCCCCCCCCCCCCC(C)C. The molecule has 0 heterocycles. The number of aliphatic hydroxyl groups is 1. The first-order chi connectivity index (χ1) is 44.2. The van der Waals surface area contributed by atoms with Crippen molar-refractivity contribution < 1.29 is 80.2 Å². The molecule has 2 unspecified atom stereocenters. The molecule has 92 heavy (non-hydrogen) atoms. The molecule has 0 radical (unpaired) electrons. The number of carbonyl (C=O) groups excluding carboxylic acids is 4. The van der Waals surface area contributed by atoms with Gasteiger partial charge in [0.15, 0.2) is 12.2 Å². The van der Waals surface area contributed by atoms with Crippen LogP contribution in [0.2, 0.25) is 0 Å². The van der Waals surface area contributed by atoms with Gasteiger partial charge in [0, 0.05) is 25.7 Å². The van der Waals surface area contributed by atoms with Crippen LogP contribution in [0, 0.1) is 17.8 Å². The summed E-state index contributed by atoms with van der Waals surface area (Å²) >= 11 is 0. The number of ether oxygens (including phenoxy) is 4. The molecule has 19 heteroatoms. The van der Waals surface area contributed by atoms with Crippen molar-refractivity contribution in [2.45, 2.75) is 388 Å². The molecule has 0 aliphatic rings. The number of rotatable bonds is 71. The van der Waals surface area contributed by atoms with E-state index in [0.717, 1.165) is 102 Å². The van der Waals surface area contributed by atoms with Crippen molar-refractivity contribution in [1.29, 1.82) is 0 Å². The van der Waals surface area contributed by atoms with Crippen molar-refractivity contribution in [3.8, 4) is 0 Å².